The normalized spacial score (nSPS) is 14.8. The van der Waals surface area contributed by atoms with Gasteiger partial charge in [0.25, 0.3) is 0 Å². The summed E-state index contributed by atoms with van der Waals surface area (Å²) in [5.41, 5.74) is 3.39. The molecule has 2 rings (SSSR count). The highest BCUT2D eigenvalue weighted by Gasteiger charge is 2.35. The van der Waals surface area contributed by atoms with Gasteiger partial charge in [-0.2, -0.15) is 12.6 Å². The van der Waals surface area contributed by atoms with Crippen LogP contribution in [0.1, 0.15) is 141 Å². The van der Waals surface area contributed by atoms with E-state index in [0.29, 0.717) is 5.75 Å². The van der Waals surface area contributed by atoms with Gasteiger partial charge in [0, 0.05) is 21.9 Å². The third kappa shape index (κ3) is 6.70. The summed E-state index contributed by atoms with van der Waals surface area (Å²) < 4.78 is 6.04. The highest BCUT2D eigenvalue weighted by atomic mass is 32.1. The fraction of sp³-hybridized carbons (Fsp3) is 0.606. The molecular weight excluding hydrogens is 492 g/mol. The fourth-order valence-corrected chi connectivity index (χ4v) is 5.27. The molecule has 2 N–H and O–H groups in total. The van der Waals surface area contributed by atoms with Gasteiger partial charge in [-0.1, -0.05) is 89.2 Å². The Morgan fingerprint density at radius 1 is 0.711 bits per heavy atom. The van der Waals surface area contributed by atoms with Crippen LogP contribution in [0.25, 0.3) is 0 Å². The molecule has 2 aromatic rings. The van der Waals surface area contributed by atoms with Crippen molar-refractivity contribution in [2.24, 2.45) is 0 Å². The van der Waals surface area contributed by atoms with Crippen LogP contribution < -0.4 is 4.74 Å². The molecule has 2 atom stereocenters. The Morgan fingerprint density at radius 2 is 1.11 bits per heavy atom. The number of rotatable bonds is 4. The zero-order valence-corrected chi connectivity index (χ0v) is 26.9. The second kappa shape index (κ2) is 10.4. The summed E-state index contributed by atoms with van der Waals surface area (Å²) in [5.74, 6) is -0.0649. The molecule has 0 aliphatic carbocycles. The van der Waals surface area contributed by atoms with E-state index in [0.717, 1.165) is 33.4 Å². The van der Waals surface area contributed by atoms with Crippen molar-refractivity contribution in [2.45, 2.75) is 130 Å². The molecule has 0 fully saturated rings. The first-order valence-corrected chi connectivity index (χ1v) is 14.1. The number of hydrogen-bond acceptors (Lipinski definition) is 5. The monoisotopic (exact) mass is 542 g/mol. The molecular formula is C33H50O4S. The minimum absolute atomic E-state index is 0.206. The summed E-state index contributed by atoms with van der Waals surface area (Å²) in [6.07, 6.45) is 0. The second-order valence-corrected chi connectivity index (χ2v) is 15.6. The van der Waals surface area contributed by atoms with Gasteiger partial charge in [0.1, 0.15) is 17.2 Å². The molecule has 0 aliphatic rings. The van der Waals surface area contributed by atoms with Crippen molar-refractivity contribution in [2.75, 3.05) is 0 Å². The van der Waals surface area contributed by atoms with Crippen LogP contribution in [-0.4, -0.2) is 16.2 Å². The summed E-state index contributed by atoms with van der Waals surface area (Å²) >= 11 is 4.79. The first-order valence-electron chi connectivity index (χ1n) is 13.6. The van der Waals surface area contributed by atoms with Crippen LogP contribution in [0.5, 0.6) is 17.2 Å². The van der Waals surface area contributed by atoms with E-state index in [9.17, 15) is 15.0 Å². The number of thiol groups is 1. The van der Waals surface area contributed by atoms with Crippen LogP contribution in [0.4, 0.5) is 0 Å². The molecule has 38 heavy (non-hydrogen) atoms. The highest BCUT2D eigenvalue weighted by Crippen LogP contribution is 2.48. The summed E-state index contributed by atoms with van der Waals surface area (Å²) in [6, 6.07) is 5.50. The van der Waals surface area contributed by atoms with Crippen LogP contribution in [-0.2, 0) is 26.5 Å². The van der Waals surface area contributed by atoms with Gasteiger partial charge < -0.3 is 14.9 Å². The second-order valence-electron chi connectivity index (χ2n) is 14.8. The predicted molar refractivity (Wildman–Crippen MR) is 162 cm³/mol. The number of aromatic hydroxyl groups is 2. The predicted octanol–water partition coefficient (Wildman–Crippen LogP) is 8.99. The number of carbonyl (C=O) groups is 1. The highest BCUT2D eigenvalue weighted by molar-refractivity contribution is 7.80. The lowest BCUT2D eigenvalue weighted by molar-refractivity contribution is -0.135. The molecule has 2 aromatic carbocycles. The van der Waals surface area contributed by atoms with Crippen molar-refractivity contribution >= 4 is 18.6 Å². The van der Waals surface area contributed by atoms with Gasteiger partial charge in [0.2, 0.25) is 0 Å². The molecule has 4 nitrogen and oxygen atoms in total. The molecule has 5 heteroatoms. The van der Waals surface area contributed by atoms with Gasteiger partial charge in [0.15, 0.2) is 0 Å². The molecule has 0 aromatic heterocycles. The van der Waals surface area contributed by atoms with Crippen molar-refractivity contribution in [1.82, 2.24) is 0 Å². The van der Waals surface area contributed by atoms with Crippen molar-refractivity contribution in [1.29, 1.82) is 0 Å². The molecule has 0 saturated heterocycles. The number of benzene rings is 2. The molecule has 0 radical (unpaired) electrons. The summed E-state index contributed by atoms with van der Waals surface area (Å²) in [6.45, 7) is 28.4. The Bertz CT molecular complexity index is 1160. The first-order chi connectivity index (χ1) is 16.9. The largest absolute Gasteiger partial charge is 0.507 e. The van der Waals surface area contributed by atoms with E-state index in [1.165, 1.54) is 0 Å². The van der Waals surface area contributed by atoms with Crippen LogP contribution in [0, 0.1) is 0 Å². The average molecular weight is 543 g/mol. The van der Waals surface area contributed by atoms with E-state index in [-0.39, 0.29) is 38.4 Å². The Labute approximate surface area is 236 Å². The van der Waals surface area contributed by atoms with E-state index in [1.54, 1.807) is 12.1 Å². The van der Waals surface area contributed by atoms with Gasteiger partial charge in [-0.25, -0.2) is 0 Å². The first kappa shape index (κ1) is 32.1. The fourth-order valence-electron chi connectivity index (χ4n) is 4.99. The number of hydrogen-bond donors (Lipinski definition) is 3. The van der Waals surface area contributed by atoms with Crippen LogP contribution in [0.2, 0.25) is 0 Å². The van der Waals surface area contributed by atoms with E-state index >= 15 is 0 Å². The minimum Gasteiger partial charge on any atom is -0.507 e. The molecule has 212 valence electrons. The third-order valence-corrected chi connectivity index (χ3v) is 7.34. The van der Waals surface area contributed by atoms with Gasteiger partial charge in [0.05, 0.1) is 5.92 Å². The minimum atomic E-state index is -0.604. The maximum atomic E-state index is 13.7. The zero-order valence-electron chi connectivity index (χ0n) is 26.0. The van der Waals surface area contributed by atoms with Crippen molar-refractivity contribution in [3.63, 3.8) is 0 Å². The maximum Gasteiger partial charge on any atom is 0.318 e. The molecule has 0 spiro atoms. The van der Waals surface area contributed by atoms with Crippen molar-refractivity contribution < 1.29 is 19.7 Å². The van der Waals surface area contributed by atoms with E-state index in [2.05, 4.69) is 41.5 Å². The Morgan fingerprint density at radius 3 is 1.45 bits per heavy atom. The molecule has 0 aliphatic heterocycles. The summed E-state index contributed by atoms with van der Waals surface area (Å²) in [5, 5.41) is 22.3. The third-order valence-electron chi connectivity index (χ3n) is 7.09. The summed E-state index contributed by atoms with van der Waals surface area (Å²) in [4.78, 5) is 13.7. The maximum absolute atomic E-state index is 13.7. The molecule has 0 bridgehead atoms. The van der Waals surface area contributed by atoms with Crippen molar-refractivity contribution in [3.8, 4) is 17.2 Å². The van der Waals surface area contributed by atoms with Crippen LogP contribution >= 0.6 is 12.6 Å². The van der Waals surface area contributed by atoms with E-state index < -0.39 is 11.9 Å². The quantitative estimate of drug-likeness (QED) is 0.205. The average Bonchev–Trinajstić information content (AvgIpc) is 2.70. The Balaban J connectivity index is 2.75. The zero-order chi connectivity index (χ0) is 29.8. The number of phenols is 2. The topological polar surface area (TPSA) is 66.8 Å². The van der Waals surface area contributed by atoms with Gasteiger partial charge in [-0.3, -0.25) is 4.79 Å². The Kier molecular flexibility index (Phi) is 8.82. The Hall–Kier alpha value is -2.14. The van der Waals surface area contributed by atoms with Gasteiger partial charge >= 0.3 is 5.97 Å². The standard InChI is InChI=1S/C33H50O4S/c1-18(21-17-24(32(9,10)11)28(35)26(33(12,13)14)25(21)19(2)38)29(36)37-20-15-22(30(3,4)5)27(34)23(16-20)31(6,7)8/h15-19,34-35,38H,1-14H3. The number of phenolic OH excluding ortho intramolecular Hbond substituents is 2. The van der Waals surface area contributed by atoms with E-state index in [1.807, 2.05) is 61.5 Å². The van der Waals surface area contributed by atoms with Gasteiger partial charge in [-0.05, 0) is 64.3 Å². The number of ether oxygens (including phenoxy) is 1. The van der Waals surface area contributed by atoms with Crippen LogP contribution in [0.15, 0.2) is 18.2 Å². The van der Waals surface area contributed by atoms with E-state index in [4.69, 9.17) is 17.4 Å². The molecule has 2 unspecified atom stereocenters. The summed E-state index contributed by atoms with van der Waals surface area (Å²) in [7, 11) is 0. The lowest BCUT2D eigenvalue weighted by Crippen LogP contribution is -2.25. The lowest BCUT2D eigenvalue weighted by atomic mass is 9.73. The smallest absolute Gasteiger partial charge is 0.318 e. The number of carbonyl (C=O) groups excluding carboxylic acids is 1. The molecule has 0 saturated carbocycles. The van der Waals surface area contributed by atoms with Crippen LogP contribution in [0.3, 0.4) is 0 Å². The SMILES string of the molecule is CC(S)c1c(C(C)C(=O)Oc2cc(C(C)(C)C)c(O)c(C(C)(C)C)c2)cc(C(C)(C)C)c(O)c1C(C)(C)C. The van der Waals surface area contributed by atoms with Gasteiger partial charge in [-0.15, -0.1) is 0 Å². The lowest BCUT2D eigenvalue weighted by Gasteiger charge is -2.33. The molecule has 0 heterocycles. The van der Waals surface area contributed by atoms with Crippen molar-refractivity contribution in [3.05, 3.63) is 51.6 Å². The number of esters is 1. The molecule has 0 amide bonds.